The summed E-state index contributed by atoms with van der Waals surface area (Å²) in [6, 6.07) is 13.2. The summed E-state index contributed by atoms with van der Waals surface area (Å²) in [4.78, 5) is 4.45. The van der Waals surface area contributed by atoms with Gasteiger partial charge in [-0.25, -0.2) is 4.98 Å². The molecule has 3 rings (SSSR count). The second-order valence-corrected chi connectivity index (χ2v) is 4.85. The van der Waals surface area contributed by atoms with Crippen molar-refractivity contribution >= 4 is 38.6 Å². The van der Waals surface area contributed by atoms with Crippen LogP contribution < -0.4 is 0 Å². The molecule has 0 saturated heterocycles. The number of halogens is 2. The molecule has 0 aliphatic carbocycles. The van der Waals surface area contributed by atoms with E-state index in [9.17, 15) is 0 Å². The Kier molecular flexibility index (Phi) is 2.65. The van der Waals surface area contributed by atoms with Crippen LogP contribution in [0.15, 0.2) is 51.4 Å². The standard InChI is InChI=1S/C13H7BrClNO/c14-9-5-3-7-11-12(9)16-13(17-11)8-4-1-2-6-10(8)15/h1-7H. The number of fused-ring (bicyclic) bond motifs is 1. The maximum Gasteiger partial charge on any atom is 0.228 e. The van der Waals surface area contributed by atoms with Gasteiger partial charge in [-0.2, -0.15) is 0 Å². The zero-order chi connectivity index (χ0) is 11.8. The molecule has 0 bridgehead atoms. The van der Waals surface area contributed by atoms with Crippen molar-refractivity contribution < 1.29 is 4.42 Å². The van der Waals surface area contributed by atoms with Gasteiger partial charge in [0.15, 0.2) is 5.58 Å². The molecule has 0 aliphatic rings. The molecular weight excluding hydrogens is 302 g/mol. The lowest BCUT2D eigenvalue weighted by Crippen LogP contribution is -1.78. The highest BCUT2D eigenvalue weighted by Crippen LogP contribution is 2.32. The van der Waals surface area contributed by atoms with Crippen LogP contribution in [0.4, 0.5) is 0 Å². The average Bonchev–Trinajstić information content (AvgIpc) is 2.75. The van der Waals surface area contributed by atoms with Crippen molar-refractivity contribution in [3.8, 4) is 11.5 Å². The van der Waals surface area contributed by atoms with Crippen LogP contribution in [0.5, 0.6) is 0 Å². The lowest BCUT2D eigenvalue weighted by Gasteiger charge is -1.96. The minimum absolute atomic E-state index is 0.539. The molecule has 0 atom stereocenters. The van der Waals surface area contributed by atoms with Gasteiger partial charge in [0.2, 0.25) is 5.89 Å². The van der Waals surface area contributed by atoms with Gasteiger partial charge in [-0.15, -0.1) is 0 Å². The van der Waals surface area contributed by atoms with Crippen molar-refractivity contribution in [3.05, 3.63) is 52.0 Å². The number of hydrogen-bond acceptors (Lipinski definition) is 2. The summed E-state index contributed by atoms with van der Waals surface area (Å²) < 4.78 is 6.60. The molecule has 2 aromatic carbocycles. The predicted molar refractivity (Wildman–Crippen MR) is 72.2 cm³/mol. The molecule has 0 radical (unpaired) electrons. The molecule has 1 aromatic heterocycles. The first-order valence-electron chi connectivity index (χ1n) is 5.05. The normalized spacial score (nSPS) is 10.9. The Balaban J connectivity index is 2.26. The van der Waals surface area contributed by atoms with Gasteiger partial charge in [-0.1, -0.05) is 29.8 Å². The predicted octanol–water partition coefficient (Wildman–Crippen LogP) is 4.91. The lowest BCUT2D eigenvalue weighted by atomic mass is 10.2. The van der Waals surface area contributed by atoms with Crippen LogP contribution in [0.2, 0.25) is 5.02 Å². The maximum atomic E-state index is 6.11. The molecule has 0 aliphatic heterocycles. The largest absolute Gasteiger partial charge is 0.436 e. The quantitative estimate of drug-likeness (QED) is 0.638. The van der Waals surface area contributed by atoms with Crippen molar-refractivity contribution in [1.82, 2.24) is 4.98 Å². The van der Waals surface area contributed by atoms with Gasteiger partial charge in [0.05, 0.1) is 10.6 Å². The Morgan fingerprint density at radius 1 is 1.06 bits per heavy atom. The minimum Gasteiger partial charge on any atom is -0.436 e. The molecule has 17 heavy (non-hydrogen) atoms. The van der Waals surface area contributed by atoms with E-state index in [2.05, 4.69) is 20.9 Å². The van der Waals surface area contributed by atoms with E-state index in [1.165, 1.54) is 0 Å². The molecular formula is C13H7BrClNO. The fraction of sp³-hybridized carbons (Fsp3) is 0. The molecule has 1 heterocycles. The fourth-order valence-electron chi connectivity index (χ4n) is 1.66. The first kappa shape index (κ1) is 10.8. The van der Waals surface area contributed by atoms with Crippen molar-refractivity contribution in [2.45, 2.75) is 0 Å². The van der Waals surface area contributed by atoms with E-state index in [-0.39, 0.29) is 0 Å². The second kappa shape index (κ2) is 4.17. The second-order valence-electron chi connectivity index (χ2n) is 3.59. The summed E-state index contributed by atoms with van der Waals surface area (Å²) >= 11 is 9.56. The van der Waals surface area contributed by atoms with Gasteiger partial charge < -0.3 is 4.42 Å². The third-order valence-electron chi connectivity index (χ3n) is 2.47. The van der Waals surface area contributed by atoms with E-state index in [0.717, 1.165) is 21.1 Å². The number of para-hydroxylation sites is 1. The Hall–Kier alpha value is -1.32. The van der Waals surface area contributed by atoms with Gasteiger partial charge in [-0.3, -0.25) is 0 Å². The van der Waals surface area contributed by atoms with E-state index in [1.807, 2.05) is 42.5 Å². The molecule has 0 amide bonds. The summed E-state index contributed by atoms with van der Waals surface area (Å²) in [6.45, 7) is 0. The third kappa shape index (κ3) is 1.85. The molecule has 0 fully saturated rings. The third-order valence-corrected chi connectivity index (χ3v) is 3.44. The van der Waals surface area contributed by atoms with Gasteiger partial charge in [0.1, 0.15) is 5.52 Å². The number of nitrogens with zero attached hydrogens (tertiary/aromatic N) is 1. The average molecular weight is 309 g/mol. The topological polar surface area (TPSA) is 26.0 Å². The molecule has 0 spiro atoms. The van der Waals surface area contributed by atoms with Gasteiger partial charge in [0.25, 0.3) is 0 Å². The van der Waals surface area contributed by atoms with Crippen LogP contribution in [0.3, 0.4) is 0 Å². The molecule has 0 unspecified atom stereocenters. The van der Waals surface area contributed by atoms with Crippen LogP contribution in [0.25, 0.3) is 22.6 Å². The molecule has 0 N–H and O–H groups in total. The highest BCUT2D eigenvalue weighted by Gasteiger charge is 2.12. The zero-order valence-corrected chi connectivity index (χ0v) is 11.0. The lowest BCUT2D eigenvalue weighted by molar-refractivity contribution is 0.620. The molecule has 2 nitrogen and oxygen atoms in total. The number of hydrogen-bond donors (Lipinski definition) is 0. The summed E-state index contributed by atoms with van der Waals surface area (Å²) in [6.07, 6.45) is 0. The number of aromatic nitrogens is 1. The van der Waals surface area contributed by atoms with Crippen LogP contribution in [-0.2, 0) is 0 Å². The van der Waals surface area contributed by atoms with Crippen molar-refractivity contribution in [3.63, 3.8) is 0 Å². The van der Waals surface area contributed by atoms with Crippen LogP contribution >= 0.6 is 27.5 Å². The van der Waals surface area contributed by atoms with E-state index in [1.54, 1.807) is 0 Å². The van der Waals surface area contributed by atoms with Crippen LogP contribution in [-0.4, -0.2) is 4.98 Å². The SMILES string of the molecule is Clc1ccccc1-c1nc2c(Br)cccc2o1. The number of rotatable bonds is 1. The molecule has 0 saturated carbocycles. The monoisotopic (exact) mass is 307 g/mol. The molecule has 3 aromatic rings. The maximum absolute atomic E-state index is 6.11. The number of benzene rings is 2. The number of oxazole rings is 1. The summed E-state index contributed by atoms with van der Waals surface area (Å²) in [5.74, 6) is 0.539. The van der Waals surface area contributed by atoms with Crippen molar-refractivity contribution in [1.29, 1.82) is 0 Å². The fourth-order valence-corrected chi connectivity index (χ4v) is 2.32. The smallest absolute Gasteiger partial charge is 0.228 e. The Labute approximate surface area is 111 Å². The summed E-state index contributed by atoms with van der Waals surface area (Å²) in [5.41, 5.74) is 2.36. The summed E-state index contributed by atoms with van der Waals surface area (Å²) in [7, 11) is 0. The van der Waals surface area contributed by atoms with Crippen molar-refractivity contribution in [2.75, 3.05) is 0 Å². The Bertz CT molecular complexity index is 693. The highest BCUT2D eigenvalue weighted by atomic mass is 79.9. The minimum atomic E-state index is 0.539. The van der Waals surface area contributed by atoms with E-state index in [0.29, 0.717) is 10.9 Å². The molecule has 84 valence electrons. The van der Waals surface area contributed by atoms with E-state index < -0.39 is 0 Å². The van der Waals surface area contributed by atoms with Gasteiger partial charge in [0, 0.05) is 4.47 Å². The van der Waals surface area contributed by atoms with Gasteiger partial charge in [-0.05, 0) is 40.2 Å². The van der Waals surface area contributed by atoms with Crippen LogP contribution in [0, 0.1) is 0 Å². The van der Waals surface area contributed by atoms with E-state index in [4.69, 9.17) is 16.0 Å². The van der Waals surface area contributed by atoms with Crippen molar-refractivity contribution in [2.24, 2.45) is 0 Å². The molecule has 4 heteroatoms. The van der Waals surface area contributed by atoms with Gasteiger partial charge >= 0.3 is 0 Å². The Morgan fingerprint density at radius 3 is 2.65 bits per heavy atom. The summed E-state index contributed by atoms with van der Waals surface area (Å²) in [5, 5.41) is 0.634. The highest BCUT2D eigenvalue weighted by molar-refractivity contribution is 9.10. The first-order chi connectivity index (χ1) is 8.25. The van der Waals surface area contributed by atoms with Crippen LogP contribution in [0.1, 0.15) is 0 Å². The zero-order valence-electron chi connectivity index (χ0n) is 8.65. The first-order valence-corrected chi connectivity index (χ1v) is 6.23. The van der Waals surface area contributed by atoms with E-state index >= 15 is 0 Å². The Morgan fingerprint density at radius 2 is 1.88 bits per heavy atom.